The van der Waals surface area contributed by atoms with Gasteiger partial charge in [-0.2, -0.15) is 5.10 Å². The summed E-state index contributed by atoms with van der Waals surface area (Å²) in [7, 11) is -3.28. The van der Waals surface area contributed by atoms with Gasteiger partial charge in [-0.1, -0.05) is 25.0 Å². The summed E-state index contributed by atoms with van der Waals surface area (Å²) in [4.78, 5) is 3.72. The van der Waals surface area contributed by atoms with Crippen LogP contribution in [0.15, 0.2) is 47.5 Å². The summed E-state index contributed by atoms with van der Waals surface area (Å²) >= 11 is 0. The minimum absolute atomic E-state index is 0.0816. The second-order valence-electron chi connectivity index (χ2n) is 8.41. The van der Waals surface area contributed by atoms with E-state index in [1.165, 1.54) is 0 Å². The number of fused-ring (bicyclic) bond motifs is 1. The molecule has 2 aromatic heterocycles. The molecule has 0 spiro atoms. The Bertz CT molecular complexity index is 1100. The standard InChI is InChI=1S/C23H27N3O4S/c27-31(28,19-3-1-2-4-19)20-7-5-16(6-8-20)22(30-18-10-13-29-14-11-18)21-15-17-9-12-24-26-23(17)25-21/h5-9,12,15,18-19,22H,1-4,10-11,13-14H2,(H,25,26). The molecule has 8 heteroatoms. The molecule has 1 saturated carbocycles. The van der Waals surface area contributed by atoms with E-state index in [4.69, 9.17) is 9.47 Å². The molecule has 0 amide bonds. The monoisotopic (exact) mass is 441 g/mol. The van der Waals surface area contributed by atoms with E-state index in [2.05, 4.69) is 15.2 Å². The Morgan fingerprint density at radius 1 is 1.03 bits per heavy atom. The molecule has 0 radical (unpaired) electrons. The van der Waals surface area contributed by atoms with Crippen LogP contribution in [0.5, 0.6) is 0 Å². The first kappa shape index (κ1) is 20.6. The molecule has 1 atom stereocenters. The molecule has 1 aromatic carbocycles. The summed E-state index contributed by atoms with van der Waals surface area (Å²) < 4.78 is 37.9. The van der Waals surface area contributed by atoms with Crippen LogP contribution < -0.4 is 0 Å². The van der Waals surface area contributed by atoms with E-state index in [9.17, 15) is 8.42 Å². The molecule has 164 valence electrons. The highest BCUT2D eigenvalue weighted by atomic mass is 32.2. The molecule has 1 N–H and O–H groups in total. The van der Waals surface area contributed by atoms with Crippen molar-refractivity contribution in [1.29, 1.82) is 0 Å². The number of rotatable bonds is 6. The molecule has 3 aromatic rings. The first-order chi connectivity index (χ1) is 15.1. The number of benzene rings is 1. The van der Waals surface area contributed by atoms with Crippen LogP contribution in [0.2, 0.25) is 0 Å². The lowest BCUT2D eigenvalue weighted by Gasteiger charge is -2.27. The number of aromatic amines is 1. The Labute approximate surface area is 182 Å². The Morgan fingerprint density at radius 2 is 1.77 bits per heavy atom. The van der Waals surface area contributed by atoms with E-state index in [0.29, 0.717) is 23.8 Å². The molecule has 1 aliphatic heterocycles. The van der Waals surface area contributed by atoms with Crippen molar-refractivity contribution in [3.63, 3.8) is 0 Å². The lowest BCUT2D eigenvalue weighted by Crippen LogP contribution is -2.26. The number of aromatic nitrogens is 3. The normalized spacial score (nSPS) is 19.7. The van der Waals surface area contributed by atoms with E-state index in [1.54, 1.807) is 18.3 Å². The molecule has 7 nitrogen and oxygen atoms in total. The average Bonchev–Trinajstić information content (AvgIpc) is 3.49. The largest absolute Gasteiger partial charge is 0.381 e. The van der Waals surface area contributed by atoms with E-state index in [-0.39, 0.29) is 17.5 Å². The van der Waals surface area contributed by atoms with Gasteiger partial charge in [0, 0.05) is 18.6 Å². The van der Waals surface area contributed by atoms with Gasteiger partial charge >= 0.3 is 0 Å². The van der Waals surface area contributed by atoms with Crippen LogP contribution in [-0.4, -0.2) is 48.2 Å². The zero-order chi connectivity index (χ0) is 21.3. The third-order valence-electron chi connectivity index (χ3n) is 6.36. The summed E-state index contributed by atoms with van der Waals surface area (Å²) in [5.74, 6) is 0. The fraction of sp³-hybridized carbons (Fsp3) is 0.478. The number of sulfone groups is 1. The van der Waals surface area contributed by atoms with Gasteiger partial charge in [0.25, 0.3) is 0 Å². The molecule has 1 aliphatic carbocycles. The number of hydrogen-bond acceptors (Lipinski definition) is 6. The third kappa shape index (κ3) is 4.24. The molecule has 0 bridgehead atoms. The molecular formula is C23H27N3O4S. The summed E-state index contributed by atoms with van der Waals surface area (Å²) in [5.41, 5.74) is 2.50. The summed E-state index contributed by atoms with van der Waals surface area (Å²) in [6, 6.07) is 11.1. The van der Waals surface area contributed by atoms with Crippen LogP contribution in [0.3, 0.4) is 0 Å². The molecular weight excluding hydrogens is 414 g/mol. The summed E-state index contributed by atoms with van der Waals surface area (Å²) in [6.07, 6.45) is 6.58. The van der Waals surface area contributed by atoms with Crippen molar-refractivity contribution in [3.8, 4) is 0 Å². The SMILES string of the molecule is O=S(=O)(c1ccc(C(OC2CCOCC2)c2cc3ccnnc3[nH]2)cc1)C1CCCC1. The predicted octanol–water partition coefficient (Wildman–Crippen LogP) is 3.96. The lowest BCUT2D eigenvalue weighted by molar-refractivity contribution is -0.0577. The molecule has 2 aliphatic rings. The van der Waals surface area contributed by atoms with Gasteiger partial charge in [-0.15, -0.1) is 5.10 Å². The zero-order valence-electron chi connectivity index (χ0n) is 17.4. The lowest BCUT2D eigenvalue weighted by atomic mass is 10.0. The highest BCUT2D eigenvalue weighted by Crippen LogP contribution is 2.33. The highest BCUT2D eigenvalue weighted by molar-refractivity contribution is 7.92. The van der Waals surface area contributed by atoms with E-state index in [1.807, 2.05) is 24.3 Å². The van der Waals surface area contributed by atoms with E-state index < -0.39 is 9.84 Å². The van der Waals surface area contributed by atoms with Crippen LogP contribution in [0, 0.1) is 0 Å². The van der Waals surface area contributed by atoms with Gasteiger partial charge < -0.3 is 14.5 Å². The maximum Gasteiger partial charge on any atom is 0.181 e. The van der Waals surface area contributed by atoms with Gasteiger partial charge in [0.05, 0.1) is 28.1 Å². The van der Waals surface area contributed by atoms with Crippen LogP contribution in [-0.2, 0) is 19.3 Å². The minimum Gasteiger partial charge on any atom is -0.381 e. The molecule has 1 unspecified atom stereocenters. The minimum atomic E-state index is -3.28. The first-order valence-corrected chi connectivity index (χ1v) is 12.5. The average molecular weight is 442 g/mol. The molecule has 3 heterocycles. The quantitative estimate of drug-likeness (QED) is 0.622. The summed E-state index contributed by atoms with van der Waals surface area (Å²) in [5, 5.41) is 8.81. The number of H-pyrrole nitrogens is 1. The van der Waals surface area contributed by atoms with Crippen molar-refractivity contribution in [2.75, 3.05) is 13.2 Å². The van der Waals surface area contributed by atoms with Crippen LogP contribution in [0.25, 0.3) is 11.0 Å². The molecule has 2 fully saturated rings. The fourth-order valence-corrected chi connectivity index (χ4v) is 6.45. The smallest absolute Gasteiger partial charge is 0.181 e. The van der Waals surface area contributed by atoms with Crippen molar-refractivity contribution in [2.45, 2.75) is 60.9 Å². The highest BCUT2D eigenvalue weighted by Gasteiger charge is 2.31. The van der Waals surface area contributed by atoms with Crippen LogP contribution >= 0.6 is 0 Å². The van der Waals surface area contributed by atoms with Crippen molar-refractivity contribution >= 4 is 20.9 Å². The fourth-order valence-electron chi connectivity index (χ4n) is 4.60. The second kappa shape index (κ2) is 8.68. The van der Waals surface area contributed by atoms with Gasteiger partial charge in [-0.05, 0) is 55.5 Å². The van der Waals surface area contributed by atoms with Gasteiger partial charge in [0.15, 0.2) is 15.5 Å². The summed E-state index contributed by atoms with van der Waals surface area (Å²) in [6.45, 7) is 1.38. The number of ether oxygens (including phenoxy) is 2. The van der Waals surface area contributed by atoms with Gasteiger partial charge in [-0.25, -0.2) is 8.42 Å². The maximum atomic E-state index is 13.0. The van der Waals surface area contributed by atoms with Crippen LogP contribution in [0.4, 0.5) is 0 Å². The first-order valence-electron chi connectivity index (χ1n) is 11.0. The third-order valence-corrected chi connectivity index (χ3v) is 8.64. The molecule has 5 rings (SSSR count). The van der Waals surface area contributed by atoms with Crippen molar-refractivity contribution in [2.24, 2.45) is 0 Å². The predicted molar refractivity (Wildman–Crippen MR) is 117 cm³/mol. The van der Waals surface area contributed by atoms with Crippen molar-refractivity contribution < 1.29 is 17.9 Å². The maximum absolute atomic E-state index is 13.0. The van der Waals surface area contributed by atoms with E-state index >= 15 is 0 Å². The Hall–Kier alpha value is -2.29. The Kier molecular flexibility index (Phi) is 5.77. The topological polar surface area (TPSA) is 94.2 Å². The number of nitrogens with one attached hydrogen (secondary N) is 1. The second-order valence-corrected chi connectivity index (χ2v) is 10.6. The van der Waals surface area contributed by atoms with E-state index in [0.717, 1.165) is 55.2 Å². The van der Waals surface area contributed by atoms with Crippen molar-refractivity contribution in [3.05, 3.63) is 53.9 Å². The van der Waals surface area contributed by atoms with Crippen molar-refractivity contribution in [1.82, 2.24) is 15.2 Å². The van der Waals surface area contributed by atoms with Gasteiger partial charge in [0.2, 0.25) is 0 Å². The van der Waals surface area contributed by atoms with Gasteiger partial charge in [0.1, 0.15) is 6.10 Å². The zero-order valence-corrected chi connectivity index (χ0v) is 18.2. The number of nitrogens with zero attached hydrogens (tertiary/aromatic N) is 2. The van der Waals surface area contributed by atoms with Gasteiger partial charge in [-0.3, -0.25) is 0 Å². The number of hydrogen-bond donors (Lipinski definition) is 1. The molecule has 31 heavy (non-hydrogen) atoms. The molecule has 1 saturated heterocycles. The Morgan fingerprint density at radius 3 is 2.48 bits per heavy atom. The van der Waals surface area contributed by atoms with Crippen LogP contribution in [0.1, 0.15) is 55.9 Å². The Balaban J connectivity index is 1.46.